The molecule has 0 saturated heterocycles. The van der Waals surface area contributed by atoms with Crippen LogP contribution in [0.1, 0.15) is 23.3 Å². The van der Waals surface area contributed by atoms with Crippen LogP contribution in [-0.4, -0.2) is 21.9 Å². The zero-order valence-corrected chi connectivity index (χ0v) is 9.26. The van der Waals surface area contributed by atoms with Crippen LogP contribution in [0.15, 0.2) is 28.8 Å². The second kappa shape index (κ2) is 4.18. The van der Waals surface area contributed by atoms with Gasteiger partial charge in [0.2, 0.25) is 5.89 Å². The van der Waals surface area contributed by atoms with E-state index in [4.69, 9.17) is 9.63 Å². The molecule has 0 spiro atoms. The van der Waals surface area contributed by atoms with E-state index in [1.807, 2.05) is 18.2 Å². The minimum Gasteiger partial charge on any atom is -0.396 e. The van der Waals surface area contributed by atoms with Gasteiger partial charge in [0.15, 0.2) is 5.82 Å². The third-order valence-electron chi connectivity index (χ3n) is 2.89. The molecule has 2 N–H and O–H groups in total. The van der Waals surface area contributed by atoms with Gasteiger partial charge in [-0.1, -0.05) is 23.4 Å². The predicted octanol–water partition coefficient (Wildman–Crippen LogP) is 1.31. The van der Waals surface area contributed by atoms with Gasteiger partial charge in [0, 0.05) is 18.5 Å². The summed E-state index contributed by atoms with van der Waals surface area (Å²) in [5.41, 5.74) is 2.39. The van der Waals surface area contributed by atoms with Gasteiger partial charge in [-0.05, 0) is 11.6 Å². The van der Waals surface area contributed by atoms with Crippen molar-refractivity contribution < 1.29 is 9.63 Å². The molecule has 17 heavy (non-hydrogen) atoms. The summed E-state index contributed by atoms with van der Waals surface area (Å²) in [5.74, 6) is 1.14. The fraction of sp³-hybridized carbons (Fsp3) is 0.333. The number of aliphatic hydroxyl groups is 1. The number of nitrogens with zero attached hydrogens (tertiary/aromatic N) is 2. The number of fused-ring (bicyclic) bond motifs is 1. The van der Waals surface area contributed by atoms with E-state index in [2.05, 4.69) is 21.5 Å². The number of rotatable bonds is 3. The second-order valence-electron chi connectivity index (χ2n) is 4.08. The van der Waals surface area contributed by atoms with Gasteiger partial charge in [0.05, 0.1) is 6.61 Å². The van der Waals surface area contributed by atoms with E-state index in [9.17, 15) is 0 Å². The molecule has 3 rings (SSSR count). The molecule has 5 heteroatoms. The number of hydrogen-bond donors (Lipinski definition) is 2. The van der Waals surface area contributed by atoms with Crippen molar-refractivity contribution in [3.05, 3.63) is 41.5 Å². The van der Waals surface area contributed by atoms with Gasteiger partial charge >= 0.3 is 0 Å². The number of benzene rings is 1. The molecule has 2 heterocycles. The molecule has 0 saturated carbocycles. The van der Waals surface area contributed by atoms with Crippen LogP contribution in [0.4, 0.5) is 5.69 Å². The monoisotopic (exact) mass is 231 g/mol. The molecule has 0 amide bonds. The first-order valence-electron chi connectivity index (χ1n) is 5.64. The average molecular weight is 231 g/mol. The largest absolute Gasteiger partial charge is 0.396 e. The SMILES string of the molecule is OCCc1noc(C2Cc3ccccc3N2)n1. The summed E-state index contributed by atoms with van der Waals surface area (Å²) in [6.07, 6.45) is 1.29. The summed E-state index contributed by atoms with van der Waals surface area (Å²) < 4.78 is 5.20. The topological polar surface area (TPSA) is 71.2 Å². The lowest BCUT2D eigenvalue weighted by molar-refractivity contribution is 0.292. The highest BCUT2D eigenvalue weighted by Crippen LogP contribution is 2.32. The van der Waals surface area contributed by atoms with Gasteiger partial charge in [-0.3, -0.25) is 0 Å². The van der Waals surface area contributed by atoms with Crippen LogP contribution in [0, 0.1) is 0 Å². The van der Waals surface area contributed by atoms with Crippen molar-refractivity contribution >= 4 is 5.69 Å². The smallest absolute Gasteiger partial charge is 0.249 e. The van der Waals surface area contributed by atoms with Gasteiger partial charge in [-0.2, -0.15) is 4.98 Å². The van der Waals surface area contributed by atoms with Crippen LogP contribution in [0.2, 0.25) is 0 Å². The maximum absolute atomic E-state index is 8.80. The summed E-state index contributed by atoms with van der Waals surface area (Å²) in [4.78, 5) is 4.26. The first kappa shape index (κ1) is 10.3. The number of anilines is 1. The van der Waals surface area contributed by atoms with Crippen LogP contribution >= 0.6 is 0 Å². The van der Waals surface area contributed by atoms with Crippen LogP contribution in [0.3, 0.4) is 0 Å². The molecule has 5 nitrogen and oxygen atoms in total. The minimum absolute atomic E-state index is 0.0390. The lowest BCUT2D eigenvalue weighted by Crippen LogP contribution is -2.06. The van der Waals surface area contributed by atoms with Crippen molar-refractivity contribution in [3.63, 3.8) is 0 Å². The molecule has 0 fully saturated rings. The van der Waals surface area contributed by atoms with Crippen molar-refractivity contribution in [2.45, 2.75) is 18.9 Å². The Morgan fingerprint density at radius 1 is 1.41 bits per heavy atom. The van der Waals surface area contributed by atoms with E-state index in [0.717, 1.165) is 12.1 Å². The molecule has 0 radical (unpaired) electrons. The van der Waals surface area contributed by atoms with Crippen molar-refractivity contribution in [2.75, 3.05) is 11.9 Å². The standard InChI is InChI=1S/C12H13N3O2/c16-6-5-11-14-12(17-15-11)10-7-8-3-1-2-4-9(8)13-10/h1-4,10,13,16H,5-7H2. The van der Waals surface area contributed by atoms with Crippen molar-refractivity contribution in [1.82, 2.24) is 10.1 Å². The first-order chi connectivity index (χ1) is 8.36. The zero-order valence-electron chi connectivity index (χ0n) is 9.26. The summed E-state index contributed by atoms with van der Waals surface area (Å²) in [6, 6.07) is 8.20. The molecule has 1 aliphatic heterocycles. The molecule has 2 aromatic rings. The van der Waals surface area contributed by atoms with Crippen LogP contribution in [0.5, 0.6) is 0 Å². The minimum atomic E-state index is 0.0390. The Morgan fingerprint density at radius 2 is 2.29 bits per heavy atom. The molecule has 1 unspecified atom stereocenters. The van der Waals surface area contributed by atoms with Crippen molar-refractivity contribution in [2.24, 2.45) is 0 Å². The Balaban J connectivity index is 1.79. The van der Waals surface area contributed by atoms with Gasteiger partial charge < -0.3 is 14.9 Å². The molecular formula is C12H13N3O2. The molecule has 1 aliphatic rings. The number of aliphatic hydroxyl groups excluding tert-OH is 1. The number of hydrogen-bond acceptors (Lipinski definition) is 5. The molecule has 0 bridgehead atoms. The van der Waals surface area contributed by atoms with Gasteiger partial charge in [0.1, 0.15) is 6.04 Å². The summed E-state index contributed by atoms with van der Waals surface area (Å²) in [7, 11) is 0. The maximum Gasteiger partial charge on any atom is 0.249 e. The summed E-state index contributed by atoms with van der Waals surface area (Å²) in [6.45, 7) is 0.0390. The maximum atomic E-state index is 8.80. The highest BCUT2D eigenvalue weighted by Gasteiger charge is 2.26. The highest BCUT2D eigenvalue weighted by atomic mass is 16.5. The lowest BCUT2D eigenvalue weighted by atomic mass is 10.1. The number of para-hydroxylation sites is 1. The Labute approximate surface area is 98.5 Å². The van der Waals surface area contributed by atoms with E-state index in [0.29, 0.717) is 18.1 Å². The third-order valence-corrected chi connectivity index (χ3v) is 2.89. The summed E-state index contributed by atoms with van der Waals surface area (Å²) in [5, 5.41) is 16.0. The van der Waals surface area contributed by atoms with Gasteiger partial charge in [-0.25, -0.2) is 0 Å². The molecule has 0 aliphatic carbocycles. The lowest BCUT2D eigenvalue weighted by Gasteiger charge is -2.04. The van der Waals surface area contributed by atoms with Crippen LogP contribution < -0.4 is 5.32 Å². The Kier molecular flexibility index (Phi) is 2.53. The highest BCUT2D eigenvalue weighted by molar-refractivity contribution is 5.56. The Hall–Kier alpha value is -1.88. The van der Waals surface area contributed by atoms with Crippen molar-refractivity contribution in [3.8, 4) is 0 Å². The summed E-state index contributed by atoms with van der Waals surface area (Å²) >= 11 is 0. The van der Waals surface area contributed by atoms with Gasteiger partial charge in [0.25, 0.3) is 0 Å². The Morgan fingerprint density at radius 3 is 3.12 bits per heavy atom. The number of nitrogens with one attached hydrogen (secondary N) is 1. The first-order valence-corrected chi connectivity index (χ1v) is 5.64. The van der Waals surface area contributed by atoms with E-state index >= 15 is 0 Å². The third kappa shape index (κ3) is 1.89. The fourth-order valence-corrected chi connectivity index (χ4v) is 2.06. The molecule has 1 atom stereocenters. The molecule has 88 valence electrons. The zero-order chi connectivity index (χ0) is 11.7. The molecular weight excluding hydrogens is 218 g/mol. The normalized spacial score (nSPS) is 17.8. The fourth-order valence-electron chi connectivity index (χ4n) is 2.06. The predicted molar refractivity (Wildman–Crippen MR) is 61.6 cm³/mol. The van der Waals surface area contributed by atoms with Crippen LogP contribution in [-0.2, 0) is 12.8 Å². The van der Waals surface area contributed by atoms with E-state index < -0.39 is 0 Å². The van der Waals surface area contributed by atoms with E-state index in [1.165, 1.54) is 5.56 Å². The van der Waals surface area contributed by atoms with Crippen molar-refractivity contribution in [1.29, 1.82) is 0 Å². The van der Waals surface area contributed by atoms with E-state index in [-0.39, 0.29) is 12.6 Å². The second-order valence-corrected chi connectivity index (χ2v) is 4.08. The Bertz CT molecular complexity index is 499. The average Bonchev–Trinajstić information content (AvgIpc) is 2.94. The molecule has 1 aromatic carbocycles. The van der Waals surface area contributed by atoms with E-state index in [1.54, 1.807) is 0 Å². The van der Waals surface area contributed by atoms with Crippen LogP contribution in [0.25, 0.3) is 0 Å². The van der Waals surface area contributed by atoms with Gasteiger partial charge in [-0.15, -0.1) is 0 Å². The quantitative estimate of drug-likeness (QED) is 0.833. The number of aromatic nitrogens is 2. The molecule has 1 aromatic heterocycles.